The van der Waals surface area contributed by atoms with E-state index in [4.69, 9.17) is 16.7 Å². The van der Waals surface area contributed by atoms with Crippen LogP contribution in [0.25, 0.3) is 6.08 Å². The van der Waals surface area contributed by atoms with Crippen LogP contribution in [0.4, 0.5) is 4.39 Å². The summed E-state index contributed by atoms with van der Waals surface area (Å²) in [6.07, 6.45) is 2.52. The van der Waals surface area contributed by atoms with Crippen LogP contribution < -0.4 is 5.32 Å². The van der Waals surface area contributed by atoms with Gasteiger partial charge in [-0.1, -0.05) is 31.5 Å². The Hall–Kier alpha value is -1.39. The van der Waals surface area contributed by atoms with Crippen LogP contribution in [-0.2, 0) is 4.79 Å². The molecule has 1 amide bonds. The summed E-state index contributed by atoms with van der Waals surface area (Å²) in [6.45, 7) is 3.63. The van der Waals surface area contributed by atoms with Gasteiger partial charge in [-0.2, -0.15) is 0 Å². The second-order valence-electron chi connectivity index (χ2n) is 4.51. The van der Waals surface area contributed by atoms with E-state index in [1.54, 1.807) is 6.07 Å². The van der Waals surface area contributed by atoms with E-state index in [0.29, 0.717) is 0 Å². The number of benzene rings is 1. The van der Waals surface area contributed by atoms with Crippen molar-refractivity contribution in [1.29, 1.82) is 0 Å². The lowest BCUT2D eigenvalue weighted by atomic mass is 10.1. The maximum absolute atomic E-state index is 13.5. The van der Waals surface area contributed by atoms with Crippen LogP contribution >= 0.6 is 11.6 Å². The molecule has 0 aliphatic heterocycles. The van der Waals surface area contributed by atoms with Gasteiger partial charge in [0, 0.05) is 11.6 Å². The molecular formula is C14H17ClFNO2. The van der Waals surface area contributed by atoms with E-state index < -0.39 is 11.7 Å². The Labute approximate surface area is 117 Å². The number of nitrogens with one attached hydrogen (secondary N) is 1. The molecular weight excluding hydrogens is 269 g/mol. The number of hydrogen-bond donors (Lipinski definition) is 2. The van der Waals surface area contributed by atoms with Crippen LogP contribution in [0.5, 0.6) is 0 Å². The van der Waals surface area contributed by atoms with Crippen LogP contribution in [0.2, 0.25) is 5.02 Å². The zero-order chi connectivity index (χ0) is 14.4. The minimum absolute atomic E-state index is 0.111. The molecule has 1 unspecified atom stereocenters. The maximum Gasteiger partial charge on any atom is 0.244 e. The molecule has 0 bridgehead atoms. The van der Waals surface area contributed by atoms with Gasteiger partial charge in [-0.05, 0) is 24.1 Å². The molecule has 104 valence electrons. The van der Waals surface area contributed by atoms with Crippen molar-refractivity contribution >= 4 is 23.6 Å². The molecule has 0 radical (unpaired) electrons. The minimum atomic E-state index is -0.487. The van der Waals surface area contributed by atoms with Crippen molar-refractivity contribution in [2.45, 2.75) is 19.9 Å². The number of aliphatic hydroxyl groups is 1. The van der Waals surface area contributed by atoms with Crippen molar-refractivity contribution in [3.63, 3.8) is 0 Å². The molecule has 0 aromatic heterocycles. The molecule has 0 fully saturated rings. The predicted molar refractivity (Wildman–Crippen MR) is 74.3 cm³/mol. The van der Waals surface area contributed by atoms with Crippen LogP contribution in [-0.4, -0.2) is 23.7 Å². The number of carbonyl (C=O) groups is 1. The predicted octanol–water partition coefficient (Wildman–Crippen LogP) is 2.63. The minimum Gasteiger partial charge on any atom is -0.394 e. The van der Waals surface area contributed by atoms with Gasteiger partial charge in [0.2, 0.25) is 5.91 Å². The zero-order valence-electron chi connectivity index (χ0n) is 10.9. The molecule has 0 spiro atoms. The normalized spacial score (nSPS) is 12.9. The quantitative estimate of drug-likeness (QED) is 0.817. The highest BCUT2D eigenvalue weighted by Gasteiger charge is 2.13. The van der Waals surface area contributed by atoms with Gasteiger partial charge in [0.05, 0.1) is 17.7 Å². The summed E-state index contributed by atoms with van der Waals surface area (Å²) in [4.78, 5) is 11.6. The SMILES string of the molecule is CC(C)C(CO)NC(=O)C=Cc1c(F)cccc1Cl. The van der Waals surface area contributed by atoms with Gasteiger partial charge in [0.25, 0.3) is 0 Å². The van der Waals surface area contributed by atoms with Crippen molar-refractivity contribution in [3.05, 3.63) is 40.7 Å². The third kappa shape index (κ3) is 4.65. The summed E-state index contributed by atoms with van der Waals surface area (Å²) in [5.74, 6) is -0.773. The van der Waals surface area contributed by atoms with E-state index in [0.717, 1.165) is 0 Å². The highest BCUT2D eigenvalue weighted by atomic mass is 35.5. The molecule has 0 aliphatic rings. The summed E-state index contributed by atoms with van der Waals surface area (Å²) >= 11 is 5.83. The summed E-state index contributed by atoms with van der Waals surface area (Å²) < 4.78 is 13.5. The van der Waals surface area contributed by atoms with Gasteiger partial charge in [0.15, 0.2) is 0 Å². The average Bonchev–Trinajstić information content (AvgIpc) is 2.35. The van der Waals surface area contributed by atoms with Gasteiger partial charge >= 0.3 is 0 Å². The van der Waals surface area contributed by atoms with E-state index in [1.807, 2.05) is 13.8 Å². The van der Waals surface area contributed by atoms with E-state index in [-0.39, 0.29) is 29.2 Å². The Balaban J connectivity index is 2.74. The molecule has 1 rings (SSSR count). The van der Waals surface area contributed by atoms with Crippen molar-refractivity contribution in [2.24, 2.45) is 5.92 Å². The number of carbonyl (C=O) groups excluding carboxylic acids is 1. The van der Waals surface area contributed by atoms with E-state index in [9.17, 15) is 9.18 Å². The zero-order valence-corrected chi connectivity index (χ0v) is 11.6. The summed E-state index contributed by atoms with van der Waals surface area (Å²) in [5.41, 5.74) is 0.171. The van der Waals surface area contributed by atoms with E-state index in [2.05, 4.69) is 5.32 Å². The monoisotopic (exact) mass is 285 g/mol. The molecule has 2 N–H and O–H groups in total. The number of halogens is 2. The molecule has 5 heteroatoms. The Bertz CT molecular complexity index is 454. The third-order valence-electron chi connectivity index (χ3n) is 2.73. The molecule has 3 nitrogen and oxygen atoms in total. The van der Waals surface area contributed by atoms with E-state index in [1.165, 1.54) is 24.3 Å². The molecule has 1 aromatic rings. The second-order valence-corrected chi connectivity index (χ2v) is 4.92. The van der Waals surface area contributed by atoms with Crippen molar-refractivity contribution in [2.75, 3.05) is 6.61 Å². The summed E-state index contributed by atoms with van der Waals surface area (Å²) in [6, 6.07) is 3.99. The number of aliphatic hydroxyl groups excluding tert-OH is 1. The molecule has 1 aromatic carbocycles. The Kier molecular flexibility index (Phi) is 5.99. The van der Waals surface area contributed by atoms with Gasteiger partial charge in [-0.25, -0.2) is 4.39 Å². The first-order valence-electron chi connectivity index (χ1n) is 5.99. The fraction of sp³-hybridized carbons (Fsp3) is 0.357. The smallest absolute Gasteiger partial charge is 0.244 e. The van der Waals surface area contributed by atoms with Crippen LogP contribution in [0, 0.1) is 11.7 Å². The van der Waals surface area contributed by atoms with Gasteiger partial charge in [-0.15, -0.1) is 0 Å². The molecule has 0 saturated carbocycles. The Morgan fingerprint density at radius 1 is 1.53 bits per heavy atom. The second kappa shape index (κ2) is 7.26. The first-order chi connectivity index (χ1) is 8.95. The lowest BCUT2D eigenvalue weighted by Gasteiger charge is -2.18. The topological polar surface area (TPSA) is 49.3 Å². The summed E-state index contributed by atoms with van der Waals surface area (Å²) in [5, 5.41) is 12.0. The van der Waals surface area contributed by atoms with Gasteiger partial charge in [-0.3, -0.25) is 4.79 Å². The largest absolute Gasteiger partial charge is 0.394 e. The fourth-order valence-electron chi connectivity index (χ4n) is 1.48. The Morgan fingerprint density at radius 3 is 2.74 bits per heavy atom. The average molecular weight is 286 g/mol. The van der Waals surface area contributed by atoms with Crippen LogP contribution in [0.1, 0.15) is 19.4 Å². The standard InChI is InChI=1S/C14H17ClFNO2/c1-9(2)13(8-18)17-14(19)7-6-10-11(15)4-3-5-12(10)16/h3-7,9,13,18H,8H2,1-2H3,(H,17,19). The van der Waals surface area contributed by atoms with Crippen molar-refractivity contribution in [3.8, 4) is 0 Å². The van der Waals surface area contributed by atoms with Crippen molar-refractivity contribution in [1.82, 2.24) is 5.32 Å². The summed E-state index contributed by atoms with van der Waals surface area (Å²) in [7, 11) is 0. The van der Waals surface area contributed by atoms with Crippen LogP contribution in [0.15, 0.2) is 24.3 Å². The van der Waals surface area contributed by atoms with E-state index >= 15 is 0 Å². The highest BCUT2D eigenvalue weighted by Crippen LogP contribution is 2.20. The van der Waals surface area contributed by atoms with Gasteiger partial charge in [0.1, 0.15) is 5.82 Å². The molecule has 0 saturated heterocycles. The number of amides is 1. The van der Waals surface area contributed by atoms with Crippen LogP contribution in [0.3, 0.4) is 0 Å². The maximum atomic E-state index is 13.5. The van der Waals surface area contributed by atoms with Crippen molar-refractivity contribution < 1.29 is 14.3 Å². The number of rotatable bonds is 5. The molecule has 19 heavy (non-hydrogen) atoms. The molecule has 1 atom stereocenters. The van der Waals surface area contributed by atoms with Gasteiger partial charge < -0.3 is 10.4 Å². The Morgan fingerprint density at radius 2 is 2.21 bits per heavy atom. The first-order valence-corrected chi connectivity index (χ1v) is 6.37. The highest BCUT2D eigenvalue weighted by molar-refractivity contribution is 6.32. The third-order valence-corrected chi connectivity index (χ3v) is 3.06. The lowest BCUT2D eigenvalue weighted by molar-refractivity contribution is -0.117. The molecule has 0 aliphatic carbocycles. The first kappa shape index (κ1) is 15.7. The molecule has 0 heterocycles. The fourth-order valence-corrected chi connectivity index (χ4v) is 1.71. The number of hydrogen-bond acceptors (Lipinski definition) is 2. The lowest BCUT2D eigenvalue weighted by Crippen LogP contribution is -2.40.